The smallest absolute Gasteiger partial charge is 0.423 e. The Bertz CT molecular complexity index is 638. The molecule has 0 unspecified atom stereocenters. The van der Waals surface area contributed by atoms with Crippen molar-refractivity contribution in [3.63, 3.8) is 0 Å². The Morgan fingerprint density at radius 1 is 1.29 bits per heavy atom. The van der Waals surface area contributed by atoms with Crippen LogP contribution >= 0.6 is 0 Å². The molecule has 1 aliphatic carbocycles. The van der Waals surface area contributed by atoms with Gasteiger partial charge < -0.3 is 4.74 Å². The normalized spacial score (nSPS) is 21.0. The molecule has 1 aromatic rings. The van der Waals surface area contributed by atoms with Gasteiger partial charge in [-0.25, -0.2) is 14.1 Å². The fourth-order valence-corrected chi connectivity index (χ4v) is 3.11. The summed E-state index contributed by atoms with van der Waals surface area (Å²) in [5.74, 6) is 0.0950. The third kappa shape index (κ3) is 4.47. The van der Waals surface area contributed by atoms with E-state index in [1.54, 1.807) is 39.8 Å². The number of carbonyl (C=O) groups excluding carboxylic acids is 1. The van der Waals surface area contributed by atoms with Crippen LogP contribution in [0.25, 0.3) is 0 Å². The average molecular weight is 332 g/mol. The minimum absolute atomic E-state index is 0.142. The maximum absolute atomic E-state index is 13.7. The number of aryl methyl sites for hydroxylation is 1. The SMILES string of the molecule is Cc1ccc(C2CCC(N(C#N)C(=O)OC(C)(C)C)CC2)cc1F. The minimum Gasteiger partial charge on any atom is -0.443 e. The van der Waals surface area contributed by atoms with Gasteiger partial charge in [0.1, 0.15) is 11.4 Å². The molecule has 0 saturated heterocycles. The zero-order valence-electron chi connectivity index (χ0n) is 14.8. The highest BCUT2D eigenvalue weighted by atomic mass is 19.1. The highest BCUT2D eigenvalue weighted by molar-refractivity contribution is 5.70. The largest absolute Gasteiger partial charge is 0.443 e. The molecule has 1 saturated carbocycles. The summed E-state index contributed by atoms with van der Waals surface area (Å²) < 4.78 is 19.0. The molecule has 2 rings (SSSR count). The zero-order chi connectivity index (χ0) is 17.9. The fraction of sp³-hybridized carbons (Fsp3) is 0.579. The van der Waals surface area contributed by atoms with Gasteiger partial charge in [0.25, 0.3) is 0 Å². The molecule has 0 atom stereocenters. The molecule has 0 N–H and O–H groups in total. The first-order valence-electron chi connectivity index (χ1n) is 8.39. The molecule has 5 heteroatoms. The Balaban J connectivity index is 1.99. The molecule has 1 amide bonds. The highest BCUT2D eigenvalue weighted by Crippen LogP contribution is 2.35. The van der Waals surface area contributed by atoms with Crippen molar-refractivity contribution in [2.24, 2.45) is 0 Å². The van der Waals surface area contributed by atoms with Crippen LogP contribution in [-0.2, 0) is 4.74 Å². The van der Waals surface area contributed by atoms with Crippen molar-refractivity contribution >= 4 is 6.09 Å². The van der Waals surface area contributed by atoms with E-state index in [0.717, 1.165) is 23.3 Å². The summed E-state index contributed by atoms with van der Waals surface area (Å²) in [5.41, 5.74) is 1.02. The first kappa shape index (κ1) is 18.3. The summed E-state index contributed by atoms with van der Waals surface area (Å²) in [6.45, 7) is 7.09. The molecular formula is C19H25FN2O2. The number of nitrogens with zero attached hydrogens (tertiary/aromatic N) is 2. The van der Waals surface area contributed by atoms with Gasteiger partial charge in [-0.05, 0) is 76.5 Å². The Labute approximate surface area is 143 Å². The van der Waals surface area contributed by atoms with Gasteiger partial charge in [0.05, 0.1) is 6.04 Å². The third-order valence-corrected chi connectivity index (χ3v) is 4.43. The van der Waals surface area contributed by atoms with Crippen molar-refractivity contribution in [1.82, 2.24) is 4.90 Å². The van der Waals surface area contributed by atoms with Gasteiger partial charge in [0.15, 0.2) is 6.19 Å². The summed E-state index contributed by atoms with van der Waals surface area (Å²) in [7, 11) is 0. The molecule has 0 bridgehead atoms. The molecule has 0 spiro atoms. The van der Waals surface area contributed by atoms with E-state index in [4.69, 9.17) is 4.74 Å². The number of halogens is 1. The van der Waals surface area contributed by atoms with Crippen molar-refractivity contribution in [1.29, 1.82) is 5.26 Å². The van der Waals surface area contributed by atoms with Crippen molar-refractivity contribution < 1.29 is 13.9 Å². The molecule has 1 fully saturated rings. The Morgan fingerprint density at radius 3 is 2.42 bits per heavy atom. The minimum atomic E-state index is -0.622. The Morgan fingerprint density at radius 2 is 1.92 bits per heavy atom. The van der Waals surface area contributed by atoms with E-state index in [1.165, 1.54) is 0 Å². The van der Waals surface area contributed by atoms with Crippen LogP contribution in [0.3, 0.4) is 0 Å². The van der Waals surface area contributed by atoms with Crippen LogP contribution in [0.2, 0.25) is 0 Å². The monoisotopic (exact) mass is 332 g/mol. The van der Waals surface area contributed by atoms with Crippen molar-refractivity contribution in [2.45, 2.75) is 70.9 Å². The topological polar surface area (TPSA) is 53.3 Å². The number of nitriles is 1. The van der Waals surface area contributed by atoms with Crippen LogP contribution in [-0.4, -0.2) is 22.6 Å². The fourth-order valence-electron chi connectivity index (χ4n) is 3.11. The predicted octanol–water partition coefficient (Wildman–Crippen LogP) is 4.88. The lowest BCUT2D eigenvalue weighted by Gasteiger charge is -2.33. The highest BCUT2D eigenvalue weighted by Gasteiger charge is 2.32. The molecule has 1 aliphatic rings. The van der Waals surface area contributed by atoms with Gasteiger partial charge in [-0.1, -0.05) is 12.1 Å². The molecule has 4 nitrogen and oxygen atoms in total. The number of benzene rings is 1. The number of hydrogen-bond donors (Lipinski definition) is 0. The van der Waals surface area contributed by atoms with Crippen LogP contribution in [0.5, 0.6) is 0 Å². The molecule has 130 valence electrons. The second-order valence-electron chi connectivity index (χ2n) is 7.46. The van der Waals surface area contributed by atoms with Crippen molar-refractivity contribution in [3.8, 4) is 6.19 Å². The number of carbonyl (C=O) groups is 1. The van der Waals surface area contributed by atoms with Crippen molar-refractivity contribution in [2.75, 3.05) is 0 Å². The van der Waals surface area contributed by atoms with E-state index < -0.39 is 11.7 Å². The van der Waals surface area contributed by atoms with E-state index in [0.29, 0.717) is 18.4 Å². The maximum Gasteiger partial charge on any atom is 0.423 e. The van der Waals surface area contributed by atoms with Crippen LogP contribution in [0.15, 0.2) is 18.2 Å². The summed E-state index contributed by atoms with van der Waals surface area (Å²) in [5, 5.41) is 9.32. The first-order valence-corrected chi connectivity index (χ1v) is 8.39. The summed E-state index contributed by atoms with van der Waals surface area (Å²) in [6, 6.07) is 5.24. The predicted molar refractivity (Wildman–Crippen MR) is 89.8 cm³/mol. The molecule has 0 heterocycles. The van der Waals surface area contributed by atoms with Crippen LogP contribution in [0.1, 0.15) is 63.5 Å². The molecule has 1 aromatic carbocycles. The number of hydrogen-bond acceptors (Lipinski definition) is 3. The Kier molecular flexibility index (Phi) is 5.48. The zero-order valence-corrected chi connectivity index (χ0v) is 14.8. The maximum atomic E-state index is 13.7. The van der Waals surface area contributed by atoms with Crippen LogP contribution in [0.4, 0.5) is 9.18 Å². The van der Waals surface area contributed by atoms with Crippen molar-refractivity contribution in [3.05, 3.63) is 35.1 Å². The Hall–Kier alpha value is -2.09. The average Bonchev–Trinajstić information content (AvgIpc) is 2.50. The van der Waals surface area contributed by atoms with Crippen LogP contribution < -0.4 is 0 Å². The molecule has 0 aliphatic heterocycles. The van der Waals surface area contributed by atoms with E-state index in [9.17, 15) is 14.4 Å². The van der Waals surface area contributed by atoms with Gasteiger partial charge in [0.2, 0.25) is 0 Å². The van der Waals surface area contributed by atoms with E-state index in [1.807, 2.05) is 12.3 Å². The number of rotatable bonds is 2. The third-order valence-electron chi connectivity index (χ3n) is 4.43. The van der Waals surface area contributed by atoms with E-state index in [2.05, 4.69) is 0 Å². The summed E-state index contributed by atoms with van der Waals surface area (Å²) >= 11 is 0. The van der Waals surface area contributed by atoms with Gasteiger partial charge in [0, 0.05) is 0 Å². The lowest BCUT2D eigenvalue weighted by molar-refractivity contribution is 0.0252. The summed E-state index contributed by atoms with van der Waals surface area (Å²) in [6.07, 6.45) is 4.46. The number of ether oxygens (including phenoxy) is 1. The lowest BCUT2D eigenvalue weighted by Crippen LogP contribution is -2.41. The molecule has 24 heavy (non-hydrogen) atoms. The van der Waals surface area contributed by atoms with Gasteiger partial charge >= 0.3 is 6.09 Å². The quantitative estimate of drug-likeness (QED) is 0.573. The van der Waals surface area contributed by atoms with E-state index in [-0.39, 0.29) is 17.8 Å². The summed E-state index contributed by atoms with van der Waals surface area (Å²) in [4.78, 5) is 13.3. The van der Waals surface area contributed by atoms with Gasteiger partial charge in [-0.15, -0.1) is 0 Å². The number of amides is 1. The van der Waals surface area contributed by atoms with E-state index >= 15 is 0 Å². The molecule has 0 aromatic heterocycles. The molecular weight excluding hydrogens is 307 g/mol. The van der Waals surface area contributed by atoms with Gasteiger partial charge in [-0.3, -0.25) is 0 Å². The van der Waals surface area contributed by atoms with Crippen LogP contribution in [0, 0.1) is 24.2 Å². The molecule has 0 radical (unpaired) electrons. The first-order chi connectivity index (χ1) is 11.2. The lowest BCUT2D eigenvalue weighted by atomic mass is 9.81. The second kappa shape index (κ2) is 7.21. The van der Waals surface area contributed by atoms with Gasteiger partial charge in [-0.2, -0.15) is 5.26 Å². The second-order valence-corrected chi connectivity index (χ2v) is 7.46. The standard InChI is InChI=1S/C19H25FN2O2/c1-13-5-6-15(11-17(13)20)14-7-9-16(10-8-14)22(12-21)18(23)24-19(2,3)4/h5-6,11,14,16H,7-10H2,1-4H3.